The number of aromatic nitrogens is 1. The third-order valence-electron chi connectivity index (χ3n) is 3.82. The van der Waals surface area contributed by atoms with Crippen molar-refractivity contribution in [1.82, 2.24) is 4.98 Å². The van der Waals surface area contributed by atoms with Crippen molar-refractivity contribution in [3.8, 4) is 0 Å². The molecule has 0 bridgehead atoms. The molecule has 0 spiro atoms. The third kappa shape index (κ3) is 3.42. The van der Waals surface area contributed by atoms with Crippen molar-refractivity contribution in [2.45, 2.75) is 27.7 Å². The lowest BCUT2D eigenvalue weighted by Crippen LogP contribution is -2.16. The lowest BCUT2D eigenvalue weighted by Gasteiger charge is -2.07. The summed E-state index contributed by atoms with van der Waals surface area (Å²) in [6, 6.07) is 3.77. The van der Waals surface area contributed by atoms with Gasteiger partial charge < -0.3 is 9.72 Å². The van der Waals surface area contributed by atoms with E-state index in [9.17, 15) is 18.8 Å². The van der Waals surface area contributed by atoms with Gasteiger partial charge in [-0.3, -0.25) is 9.59 Å². The van der Waals surface area contributed by atoms with Crippen LogP contribution in [0.3, 0.4) is 0 Å². The molecule has 0 aliphatic carbocycles. The summed E-state index contributed by atoms with van der Waals surface area (Å²) < 4.78 is 18.2. The van der Waals surface area contributed by atoms with Crippen LogP contribution in [0.1, 0.15) is 54.9 Å². The Kier molecular flexibility index (Phi) is 4.97. The Morgan fingerprint density at radius 1 is 1.17 bits per heavy atom. The zero-order valence-electron chi connectivity index (χ0n) is 14.0. The first kappa shape index (κ1) is 17.6. The minimum atomic E-state index is -0.770. The lowest BCUT2D eigenvalue weighted by molar-refractivity contribution is 0.0472. The number of H-pyrrole nitrogens is 1. The van der Waals surface area contributed by atoms with Gasteiger partial charge in [-0.25, -0.2) is 9.18 Å². The predicted octanol–water partition coefficient (Wildman–Crippen LogP) is 3.32. The van der Waals surface area contributed by atoms with E-state index in [1.54, 1.807) is 20.8 Å². The molecule has 0 atom stereocenters. The molecule has 0 aliphatic heterocycles. The van der Waals surface area contributed by atoms with E-state index in [1.807, 2.05) is 0 Å². The first-order chi connectivity index (χ1) is 11.2. The molecule has 0 radical (unpaired) electrons. The van der Waals surface area contributed by atoms with Gasteiger partial charge in [-0.05, 0) is 51.0 Å². The first-order valence-corrected chi connectivity index (χ1v) is 7.39. The molecule has 0 fully saturated rings. The molecule has 2 aromatic rings. The quantitative estimate of drug-likeness (QED) is 0.673. The number of ketones is 2. The molecule has 1 aromatic carbocycles. The van der Waals surface area contributed by atoms with Crippen molar-refractivity contribution in [2.24, 2.45) is 0 Å². The Morgan fingerprint density at radius 3 is 2.42 bits per heavy atom. The summed E-state index contributed by atoms with van der Waals surface area (Å²) in [6.45, 7) is 5.93. The highest BCUT2D eigenvalue weighted by Crippen LogP contribution is 2.19. The maximum absolute atomic E-state index is 13.2. The highest BCUT2D eigenvalue weighted by Gasteiger charge is 2.21. The molecule has 0 saturated carbocycles. The number of carbonyl (C=O) groups excluding carboxylic acids is 3. The van der Waals surface area contributed by atoms with Crippen molar-refractivity contribution in [3.63, 3.8) is 0 Å². The summed E-state index contributed by atoms with van der Waals surface area (Å²) in [6.07, 6.45) is 0. The lowest BCUT2D eigenvalue weighted by atomic mass is 10.1. The number of Topliss-reactive ketones (excluding diaryl/α,β-unsaturated/α-hetero) is 2. The Balaban J connectivity index is 2.14. The Hall–Kier alpha value is -2.76. The van der Waals surface area contributed by atoms with Crippen molar-refractivity contribution in [3.05, 3.63) is 57.7 Å². The van der Waals surface area contributed by atoms with E-state index in [1.165, 1.54) is 19.1 Å². The minimum Gasteiger partial charge on any atom is -0.454 e. The highest BCUT2D eigenvalue weighted by molar-refractivity contribution is 6.04. The van der Waals surface area contributed by atoms with Crippen LogP contribution in [-0.2, 0) is 4.74 Å². The second-order valence-electron chi connectivity index (χ2n) is 5.64. The molecule has 6 heteroatoms. The molecule has 2 rings (SSSR count). The van der Waals surface area contributed by atoms with Crippen molar-refractivity contribution >= 4 is 17.5 Å². The second kappa shape index (κ2) is 6.78. The highest BCUT2D eigenvalue weighted by atomic mass is 19.1. The van der Waals surface area contributed by atoms with Gasteiger partial charge in [0.2, 0.25) is 5.78 Å². The van der Waals surface area contributed by atoms with Gasteiger partial charge >= 0.3 is 5.97 Å². The van der Waals surface area contributed by atoms with E-state index in [4.69, 9.17) is 4.74 Å². The van der Waals surface area contributed by atoms with Crippen molar-refractivity contribution < 1.29 is 23.5 Å². The smallest absolute Gasteiger partial charge is 0.338 e. The molecule has 126 valence electrons. The standard InChI is InChI=1S/C18H18FNO4/c1-9-5-6-13(19)7-14(9)18(23)24-8-15(22)17-10(2)16(12(4)21)11(3)20-17/h5-7,20H,8H2,1-4H3. The molecule has 0 aliphatic rings. The largest absolute Gasteiger partial charge is 0.454 e. The van der Waals surface area contributed by atoms with Gasteiger partial charge in [0.05, 0.1) is 11.3 Å². The van der Waals surface area contributed by atoms with E-state index in [0.717, 1.165) is 6.07 Å². The first-order valence-electron chi connectivity index (χ1n) is 7.39. The fraction of sp³-hybridized carbons (Fsp3) is 0.278. The Bertz CT molecular complexity index is 836. The summed E-state index contributed by atoms with van der Waals surface area (Å²) in [5.41, 5.74) is 2.46. The van der Waals surface area contributed by atoms with Crippen molar-refractivity contribution in [1.29, 1.82) is 0 Å². The summed E-state index contributed by atoms with van der Waals surface area (Å²) in [5.74, 6) is -1.92. The minimum absolute atomic E-state index is 0.0756. The average Bonchev–Trinajstić information content (AvgIpc) is 2.81. The molecular weight excluding hydrogens is 313 g/mol. The van der Waals surface area contributed by atoms with E-state index in [0.29, 0.717) is 22.4 Å². The van der Waals surface area contributed by atoms with Crippen LogP contribution in [0.5, 0.6) is 0 Å². The number of carbonyl (C=O) groups is 3. The van der Waals surface area contributed by atoms with E-state index in [2.05, 4.69) is 4.98 Å². The number of halogens is 1. The molecule has 0 saturated heterocycles. The van der Waals surface area contributed by atoms with Crippen LogP contribution in [0.2, 0.25) is 0 Å². The van der Waals surface area contributed by atoms with Gasteiger partial charge in [0.15, 0.2) is 12.4 Å². The van der Waals surface area contributed by atoms with E-state index in [-0.39, 0.29) is 17.0 Å². The van der Waals surface area contributed by atoms with Crippen molar-refractivity contribution in [2.75, 3.05) is 6.61 Å². The number of ether oxygens (including phenoxy) is 1. The van der Waals surface area contributed by atoms with Crippen LogP contribution >= 0.6 is 0 Å². The number of benzene rings is 1. The molecule has 5 nitrogen and oxygen atoms in total. The summed E-state index contributed by atoms with van der Waals surface area (Å²) in [7, 11) is 0. The van der Waals surface area contributed by atoms with Gasteiger partial charge in [-0.1, -0.05) is 6.07 Å². The Labute approximate surface area is 138 Å². The second-order valence-corrected chi connectivity index (χ2v) is 5.64. The van der Waals surface area contributed by atoms with Gasteiger partial charge in [0.25, 0.3) is 0 Å². The van der Waals surface area contributed by atoms with Crippen LogP contribution in [0, 0.1) is 26.6 Å². The fourth-order valence-corrected chi connectivity index (χ4v) is 2.65. The molecule has 1 N–H and O–H groups in total. The number of nitrogens with one attached hydrogen (secondary N) is 1. The van der Waals surface area contributed by atoms with E-state index >= 15 is 0 Å². The third-order valence-corrected chi connectivity index (χ3v) is 3.82. The molecule has 0 amide bonds. The van der Waals surface area contributed by atoms with Crippen LogP contribution < -0.4 is 0 Å². The maximum atomic E-state index is 13.2. The van der Waals surface area contributed by atoms with Gasteiger partial charge in [0.1, 0.15) is 5.82 Å². The zero-order valence-corrected chi connectivity index (χ0v) is 14.0. The maximum Gasteiger partial charge on any atom is 0.338 e. The molecule has 24 heavy (non-hydrogen) atoms. The molecular formula is C18H18FNO4. The average molecular weight is 331 g/mol. The van der Waals surface area contributed by atoms with Gasteiger partial charge in [-0.15, -0.1) is 0 Å². The number of hydrogen-bond acceptors (Lipinski definition) is 4. The zero-order chi connectivity index (χ0) is 18.0. The Morgan fingerprint density at radius 2 is 1.83 bits per heavy atom. The van der Waals surface area contributed by atoms with Crippen LogP contribution in [0.15, 0.2) is 18.2 Å². The fourth-order valence-electron chi connectivity index (χ4n) is 2.65. The summed E-state index contributed by atoms with van der Waals surface area (Å²) in [5, 5.41) is 0. The van der Waals surface area contributed by atoms with Crippen LogP contribution in [0.25, 0.3) is 0 Å². The SMILES string of the molecule is CC(=O)c1c(C)[nH]c(C(=O)COC(=O)c2cc(F)ccc2C)c1C. The van der Waals surface area contributed by atoms with Gasteiger partial charge in [-0.2, -0.15) is 0 Å². The summed E-state index contributed by atoms with van der Waals surface area (Å²) in [4.78, 5) is 38.7. The number of hydrogen-bond donors (Lipinski definition) is 1. The molecule has 1 heterocycles. The van der Waals surface area contributed by atoms with E-state index < -0.39 is 24.2 Å². The van der Waals surface area contributed by atoms with Crippen LogP contribution in [0.4, 0.5) is 4.39 Å². The number of aromatic amines is 1. The number of esters is 1. The normalized spacial score (nSPS) is 10.5. The van der Waals surface area contributed by atoms with Gasteiger partial charge in [0, 0.05) is 11.3 Å². The summed E-state index contributed by atoms with van der Waals surface area (Å²) >= 11 is 0. The monoisotopic (exact) mass is 331 g/mol. The number of aryl methyl sites for hydroxylation is 2. The van der Waals surface area contributed by atoms with Crippen LogP contribution in [-0.4, -0.2) is 29.1 Å². The molecule has 1 aromatic heterocycles. The predicted molar refractivity (Wildman–Crippen MR) is 86.0 cm³/mol. The number of rotatable bonds is 5. The molecule has 0 unspecified atom stereocenters. The topological polar surface area (TPSA) is 76.2 Å².